The van der Waals surface area contributed by atoms with Crippen molar-refractivity contribution in [2.24, 2.45) is 5.92 Å². The van der Waals surface area contributed by atoms with Crippen LogP contribution < -0.4 is 5.32 Å². The zero-order valence-electron chi connectivity index (χ0n) is 21.3. The van der Waals surface area contributed by atoms with Crippen LogP contribution in [0.1, 0.15) is 38.5 Å². The van der Waals surface area contributed by atoms with Crippen LogP contribution in [0.5, 0.6) is 0 Å². The minimum atomic E-state index is 0.0636. The Morgan fingerprint density at radius 1 is 1.03 bits per heavy atom. The number of rotatable bonds is 6. The second-order valence-electron chi connectivity index (χ2n) is 10.2. The maximum atomic E-state index is 12.7. The molecule has 0 radical (unpaired) electrons. The highest BCUT2D eigenvalue weighted by molar-refractivity contribution is 7.08. The van der Waals surface area contributed by atoms with Crippen molar-refractivity contribution in [1.82, 2.24) is 30.1 Å². The number of H-pyrrole nitrogens is 2. The second kappa shape index (κ2) is 10.1. The third-order valence-electron chi connectivity index (χ3n) is 7.56. The van der Waals surface area contributed by atoms with E-state index in [9.17, 15) is 4.79 Å². The number of benzene rings is 1. The van der Waals surface area contributed by atoms with Crippen LogP contribution in [0.4, 0.5) is 5.69 Å². The summed E-state index contributed by atoms with van der Waals surface area (Å²) in [5.41, 5.74) is 7.96. The first-order valence-electron chi connectivity index (χ1n) is 13.3. The molecule has 6 aromatic rings. The topological polar surface area (TPSA) is 112 Å². The number of fused-ring (bicyclic) bond motifs is 2. The molecule has 7 rings (SSSR count). The fraction of sp³-hybridized carbons (Fsp3) is 0.233. The van der Waals surface area contributed by atoms with Gasteiger partial charge in [-0.3, -0.25) is 14.9 Å². The van der Waals surface area contributed by atoms with E-state index in [1.165, 1.54) is 19.3 Å². The van der Waals surface area contributed by atoms with Gasteiger partial charge in [0, 0.05) is 35.3 Å². The minimum Gasteiger partial charge on any atom is -0.325 e. The Morgan fingerprint density at radius 2 is 1.95 bits per heavy atom. The van der Waals surface area contributed by atoms with E-state index in [1.54, 1.807) is 23.7 Å². The molecule has 1 fully saturated rings. The van der Waals surface area contributed by atoms with Gasteiger partial charge in [0.2, 0.25) is 5.91 Å². The molecule has 0 saturated heterocycles. The normalized spacial score (nSPS) is 14.3. The summed E-state index contributed by atoms with van der Waals surface area (Å²) < 4.78 is 0. The minimum absolute atomic E-state index is 0.0636. The van der Waals surface area contributed by atoms with Gasteiger partial charge in [-0.2, -0.15) is 16.4 Å². The molecule has 0 atom stereocenters. The first-order chi connectivity index (χ1) is 19.2. The summed E-state index contributed by atoms with van der Waals surface area (Å²) >= 11 is 1.66. The molecule has 5 heterocycles. The SMILES string of the molecule is O=C(CC1CCCCC1)Nc1cncc(-c2ccc3[nH]nc(-c4nc5c(-c6ccsc6)ccnc5[nH]4)c3c2)c1. The zero-order valence-corrected chi connectivity index (χ0v) is 22.1. The van der Waals surface area contributed by atoms with Gasteiger partial charge in [-0.05, 0) is 71.0 Å². The number of thiophene rings is 1. The molecular weight excluding hydrogens is 506 g/mol. The molecule has 1 aromatic carbocycles. The highest BCUT2D eigenvalue weighted by atomic mass is 32.1. The smallest absolute Gasteiger partial charge is 0.224 e. The number of nitrogens with one attached hydrogen (secondary N) is 3. The molecule has 5 aromatic heterocycles. The molecule has 1 aliphatic rings. The largest absolute Gasteiger partial charge is 0.325 e. The lowest BCUT2D eigenvalue weighted by molar-refractivity contribution is -0.117. The lowest BCUT2D eigenvalue weighted by Crippen LogP contribution is -2.18. The first-order valence-corrected chi connectivity index (χ1v) is 14.3. The van der Waals surface area contributed by atoms with Gasteiger partial charge >= 0.3 is 0 Å². The van der Waals surface area contributed by atoms with E-state index in [1.807, 2.05) is 30.5 Å². The van der Waals surface area contributed by atoms with Crippen LogP contribution in [0.2, 0.25) is 0 Å². The predicted octanol–water partition coefficient (Wildman–Crippen LogP) is 7.20. The van der Waals surface area contributed by atoms with Gasteiger partial charge in [-0.25, -0.2) is 9.97 Å². The zero-order chi connectivity index (χ0) is 26.2. The number of anilines is 1. The quantitative estimate of drug-likeness (QED) is 0.210. The van der Waals surface area contributed by atoms with E-state index in [-0.39, 0.29) is 5.91 Å². The summed E-state index contributed by atoms with van der Waals surface area (Å²) in [6, 6.07) is 12.2. The van der Waals surface area contributed by atoms with Crippen molar-refractivity contribution in [3.8, 4) is 33.8 Å². The van der Waals surface area contributed by atoms with Gasteiger partial charge in [-0.15, -0.1) is 0 Å². The summed E-state index contributed by atoms with van der Waals surface area (Å²) in [4.78, 5) is 29.8. The van der Waals surface area contributed by atoms with Gasteiger partial charge < -0.3 is 10.3 Å². The molecule has 194 valence electrons. The fourth-order valence-electron chi connectivity index (χ4n) is 5.58. The summed E-state index contributed by atoms with van der Waals surface area (Å²) in [6.45, 7) is 0. The van der Waals surface area contributed by atoms with Crippen molar-refractivity contribution in [1.29, 1.82) is 0 Å². The molecular formula is C30H27N7OS. The molecule has 0 bridgehead atoms. The standard InChI is InChI=1S/C30H27N7OS/c38-26(12-18-4-2-1-3-5-18)33-22-13-21(15-31-16-22)19-6-7-25-24(14-19)28(37-36-25)30-34-27-23(20-9-11-39-17-20)8-10-32-29(27)35-30/h6-11,13-18H,1-5,12H2,(H,33,38)(H,36,37)(H,32,34,35). The molecule has 0 spiro atoms. The number of pyridine rings is 2. The van der Waals surface area contributed by atoms with Crippen LogP contribution in [0.25, 0.3) is 55.8 Å². The Morgan fingerprint density at radius 3 is 2.82 bits per heavy atom. The van der Waals surface area contributed by atoms with Gasteiger partial charge in [-0.1, -0.05) is 25.3 Å². The number of aromatic nitrogens is 6. The van der Waals surface area contributed by atoms with Crippen LogP contribution in [-0.2, 0) is 4.79 Å². The van der Waals surface area contributed by atoms with E-state index < -0.39 is 0 Å². The van der Waals surface area contributed by atoms with E-state index in [0.29, 0.717) is 23.9 Å². The average molecular weight is 534 g/mol. The Hall–Kier alpha value is -4.37. The van der Waals surface area contributed by atoms with Gasteiger partial charge in [0.25, 0.3) is 0 Å². The first kappa shape index (κ1) is 23.7. The number of hydrogen-bond donors (Lipinski definition) is 3. The molecule has 9 heteroatoms. The molecule has 39 heavy (non-hydrogen) atoms. The fourth-order valence-corrected chi connectivity index (χ4v) is 6.23. The number of carbonyl (C=O) groups is 1. The molecule has 1 amide bonds. The maximum absolute atomic E-state index is 12.7. The van der Waals surface area contributed by atoms with Gasteiger partial charge in [0.15, 0.2) is 11.5 Å². The van der Waals surface area contributed by atoms with Crippen molar-refractivity contribution in [2.75, 3.05) is 5.32 Å². The number of amides is 1. The highest BCUT2D eigenvalue weighted by Crippen LogP contribution is 2.33. The maximum Gasteiger partial charge on any atom is 0.224 e. The van der Waals surface area contributed by atoms with Crippen molar-refractivity contribution in [3.63, 3.8) is 0 Å². The van der Waals surface area contributed by atoms with E-state index >= 15 is 0 Å². The molecule has 0 unspecified atom stereocenters. The van der Waals surface area contributed by atoms with E-state index in [0.717, 1.165) is 62.9 Å². The van der Waals surface area contributed by atoms with Crippen LogP contribution >= 0.6 is 11.3 Å². The van der Waals surface area contributed by atoms with Crippen LogP contribution in [0.3, 0.4) is 0 Å². The second-order valence-corrected chi connectivity index (χ2v) is 11.0. The number of nitrogens with zero attached hydrogens (tertiary/aromatic N) is 4. The lowest BCUT2D eigenvalue weighted by atomic mass is 9.87. The Bertz CT molecular complexity index is 1780. The molecule has 8 nitrogen and oxygen atoms in total. The van der Waals surface area contributed by atoms with Crippen molar-refractivity contribution in [2.45, 2.75) is 38.5 Å². The lowest BCUT2D eigenvalue weighted by Gasteiger charge is -2.20. The molecule has 1 saturated carbocycles. The van der Waals surface area contributed by atoms with Crippen LogP contribution in [0, 0.1) is 5.92 Å². The predicted molar refractivity (Wildman–Crippen MR) is 155 cm³/mol. The number of imidazole rings is 1. The number of carbonyl (C=O) groups excluding carboxylic acids is 1. The third-order valence-corrected chi connectivity index (χ3v) is 8.24. The van der Waals surface area contributed by atoms with E-state index in [2.05, 4.69) is 53.4 Å². The Labute approximate surface area is 228 Å². The average Bonchev–Trinajstić information content (AvgIpc) is 3.73. The van der Waals surface area contributed by atoms with E-state index in [4.69, 9.17) is 4.98 Å². The summed E-state index contributed by atoms with van der Waals surface area (Å²) in [6.07, 6.45) is 11.9. The van der Waals surface area contributed by atoms with Gasteiger partial charge in [0.05, 0.1) is 17.4 Å². The van der Waals surface area contributed by atoms with Gasteiger partial charge in [0.1, 0.15) is 11.2 Å². The summed E-state index contributed by atoms with van der Waals surface area (Å²) in [7, 11) is 0. The summed E-state index contributed by atoms with van der Waals surface area (Å²) in [5, 5.41) is 15.9. The van der Waals surface area contributed by atoms with Crippen molar-refractivity contribution in [3.05, 3.63) is 65.7 Å². The molecule has 0 aliphatic heterocycles. The molecule has 1 aliphatic carbocycles. The number of hydrogen-bond acceptors (Lipinski definition) is 6. The monoisotopic (exact) mass is 533 g/mol. The Balaban J connectivity index is 1.19. The van der Waals surface area contributed by atoms with Crippen LogP contribution in [-0.4, -0.2) is 36.0 Å². The molecule has 3 N–H and O–H groups in total. The number of aromatic amines is 2. The highest BCUT2D eigenvalue weighted by Gasteiger charge is 2.18. The van der Waals surface area contributed by atoms with Crippen LogP contribution in [0.15, 0.2) is 65.7 Å². The van der Waals surface area contributed by atoms with Crippen molar-refractivity contribution < 1.29 is 4.79 Å². The third kappa shape index (κ3) is 4.70. The summed E-state index contributed by atoms with van der Waals surface area (Å²) in [5.74, 6) is 1.21. The Kier molecular flexibility index (Phi) is 6.13. The van der Waals surface area contributed by atoms with Crippen molar-refractivity contribution >= 4 is 45.0 Å².